The van der Waals surface area contributed by atoms with Gasteiger partial charge in [-0.1, -0.05) is 49.0 Å². The highest BCUT2D eigenvalue weighted by atomic mass is 32.2. The van der Waals surface area contributed by atoms with Gasteiger partial charge in [0.2, 0.25) is 15.9 Å². The first-order valence-corrected chi connectivity index (χ1v) is 12.1. The predicted molar refractivity (Wildman–Crippen MR) is 113 cm³/mol. The molecular formula is C21H23N3O3S2. The van der Waals surface area contributed by atoms with Crippen LogP contribution in [0.1, 0.15) is 25.3 Å². The molecule has 0 bridgehead atoms. The van der Waals surface area contributed by atoms with Crippen molar-refractivity contribution < 1.29 is 12.8 Å². The SMILES string of the molecule is CC1CCN(S(=O)(=O)c2ccc(-c3nnc(SCc4ccccc4)o3)cc2)CC1. The summed E-state index contributed by atoms with van der Waals surface area (Å²) in [4.78, 5) is 0.300. The fourth-order valence-corrected chi connectivity index (χ4v) is 5.44. The molecule has 152 valence electrons. The molecule has 0 spiro atoms. The predicted octanol–water partition coefficient (Wildman–Crippen LogP) is 4.45. The van der Waals surface area contributed by atoms with Crippen molar-refractivity contribution >= 4 is 21.8 Å². The summed E-state index contributed by atoms with van der Waals surface area (Å²) in [5.41, 5.74) is 1.88. The number of piperidine rings is 1. The van der Waals surface area contributed by atoms with Gasteiger partial charge in [0.05, 0.1) is 4.90 Å². The quantitative estimate of drug-likeness (QED) is 0.539. The number of rotatable bonds is 6. The maximum atomic E-state index is 12.8. The number of hydrogen-bond acceptors (Lipinski definition) is 6. The molecule has 1 aliphatic rings. The van der Waals surface area contributed by atoms with E-state index in [2.05, 4.69) is 17.1 Å². The van der Waals surface area contributed by atoms with E-state index in [9.17, 15) is 8.42 Å². The van der Waals surface area contributed by atoms with E-state index in [0.29, 0.717) is 40.6 Å². The zero-order valence-electron chi connectivity index (χ0n) is 16.2. The molecule has 0 saturated carbocycles. The molecule has 1 aromatic heterocycles. The van der Waals surface area contributed by atoms with Crippen LogP contribution in [-0.4, -0.2) is 36.0 Å². The number of hydrogen-bond donors (Lipinski definition) is 0. The second-order valence-corrected chi connectivity index (χ2v) is 10.1. The van der Waals surface area contributed by atoms with E-state index in [0.717, 1.165) is 18.6 Å². The normalized spacial score (nSPS) is 16.2. The monoisotopic (exact) mass is 429 g/mol. The number of sulfonamides is 1. The van der Waals surface area contributed by atoms with Crippen molar-refractivity contribution in [2.24, 2.45) is 5.92 Å². The van der Waals surface area contributed by atoms with Crippen LogP contribution in [0.3, 0.4) is 0 Å². The van der Waals surface area contributed by atoms with Gasteiger partial charge >= 0.3 is 0 Å². The van der Waals surface area contributed by atoms with Gasteiger partial charge in [-0.15, -0.1) is 10.2 Å². The maximum absolute atomic E-state index is 12.8. The molecule has 3 aromatic rings. The molecule has 0 amide bonds. The van der Waals surface area contributed by atoms with E-state index in [-0.39, 0.29) is 0 Å². The largest absolute Gasteiger partial charge is 0.411 e. The Hall–Kier alpha value is -2.16. The first-order chi connectivity index (χ1) is 14.0. The van der Waals surface area contributed by atoms with Gasteiger partial charge in [-0.25, -0.2) is 8.42 Å². The average molecular weight is 430 g/mol. The zero-order chi connectivity index (χ0) is 20.3. The van der Waals surface area contributed by atoms with E-state index in [1.165, 1.54) is 17.3 Å². The summed E-state index contributed by atoms with van der Waals surface area (Å²) in [6, 6.07) is 16.7. The summed E-state index contributed by atoms with van der Waals surface area (Å²) in [5.74, 6) is 1.71. The van der Waals surface area contributed by atoms with Gasteiger partial charge in [0, 0.05) is 24.4 Å². The van der Waals surface area contributed by atoms with Crippen molar-refractivity contribution in [1.29, 1.82) is 0 Å². The molecular weight excluding hydrogens is 406 g/mol. The first-order valence-electron chi connectivity index (χ1n) is 9.63. The Balaban J connectivity index is 1.43. The Morgan fingerprint density at radius 3 is 2.41 bits per heavy atom. The second-order valence-electron chi connectivity index (χ2n) is 7.26. The second kappa shape index (κ2) is 8.69. The van der Waals surface area contributed by atoms with Gasteiger partial charge in [-0.05, 0) is 48.6 Å². The molecule has 6 nitrogen and oxygen atoms in total. The first kappa shape index (κ1) is 20.1. The van der Waals surface area contributed by atoms with Crippen LogP contribution in [-0.2, 0) is 15.8 Å². The fraction of sp³-hybridized carbons (Fsp3) is 0.333. The molecule has 0 N–H and O–H groups in total. The Bertz CT molecular complexity index is 1040. The zero-order valence-corrected chi connectivity index (χ0v) is 17.8. The van der Waals surface area contributed by atoms with Crippen LogP contribution in [0.25, 0.3) is 11.5 Å². The summed E-state index contributed by atoms with van der Waals surface area (Å²) >= 11 is 1.47. The highest BCUT2D eigenvalue weighted by Crippen LogP contribution is 2.28. The van der Waals surface area contributed by atoms with Crippen LogP contribution in [0.2, 0.25) is 0 Å². The lowest BCUT2D eigenvalue weighted by Crippen LogP contribution is -2.37. The molecule has 0 radical (unpaired) electrons. The molecule has 1 aliphatic heterocycles. The number of benzene rings is 2. The van der Waals surface area contributed by atoms with Crippen molar-refractivity contribution in [2.75, 3.05) is 13.1 Å². The van der Waals surface area contributed by atoms with Crippen molar-refractivity contribution in [3.63, 3.8) is 0 Å². The summed E-state index contributed by atoms with van der Waals surface area (Å²) in [6.45, 7) is 3.32. The van der Waals surface area contributed by atoms with Crippen molar-refractivity contribution in [1.82, 2.24) is 14.5 Å². The van der Waals surface area contributed by atoms with Crippen molar-refractivity contribution in [3.8, 4) is 11.5 Å². The van der Waals surface area contributed by atoms with Crippen LogP contribution >= 0.6 is 11.8 Å². The standard InChI is InChI=1S/C21H23N3O3S2/c1-16-11-13-24(14-12-16)29(25,26)19-9-7-18(8-10-19)20-22-23-21(27-20)28-15-17-5-3-2-4-6-17/h2-10,16H,11-15H2,1H3. The Labute approximate surface area is 175 Å². The fourth-order valence-electron chi connectivity index (χ4n) is 3.25. The summed E-state index contributed by atoms with van der Waals surface area (Å²) in [5, 5.41) is 8.66. The molecule has 8 heteroatoms. The molecule has 2 heterocycles. The van der Waals surface area contributed by atoms with Crippen LogP contribution in [0.15, 0.2) is 69.1 Å². The van der Waals surface area contributed by atoms with Crippen molar-refractivity contribution in [3.05, 3.63) is 60.2 Å². The average Bonchev–Trinajstić information content (AvgIpc) is 3.22. The van der Waals surface area contributed by atoms with Gasteiger partial charge < -0.3 is 4.42 Å². The minimum absolute atomic E-state index is 0.300. The van der Waals surface area contributed by atoms with Crippen LogP contribution < -0.4 is 0 Å². The minimum Gasteiger partial charge on any atom is -0.411 e. The van der Waals surface area contributed by atoms with Crippen LogP contribution in [0.4, 0.5) is 0 Å². The highest BCUT2D eigenvalue weighted by molar-refractivity contribution is 7.98. The van der Waals surface area contributed by atoms with Crippen LogP contribution in [0, 0.1) is 5.92 Å². The number of nitrogens with zero attached hydrogens (tertiary/aromatic N) is 3. The molecule has 0 unspecified atom stereocenters. The molecule has 29 heavy (non-hydrogen) atoms. The summed E-state index contributed by atoms with van der Waals surface area (Å²) < 4.78 is 33.0. The number of thioether (sulfide) groups is 1. The third kappa shape index (κ3) is 4.71. The Morgan fingerprint density at radius 1 is 1.03 bits per heavy atom. The topological polar surface area (TPSA) is 76.3 Å². The molecule has 4 rings (SSSR count). The lowest BCUT2D eigenvalue weighted by Gasteiger charge is -2.29. The van der Waals surface area contributed by atoms with E-state index >= 15 is 0 Å². The molecule has 1 saturated heterocycles. The maximum Gasteiger partial charge on any atom is 0.277 e. The van der Waals surface area contributed by atoms with Gasteiger partial charge in [0.15, 0.2) is 0 Å². The van der Waals surface area contributed by atoms with Gasteiger partial charge in [-0.3, -0.25) is 0 Å². The van der Waals surface area contributed by atoms with Gasteiger partial charge in [-0.2, -0.15) is 4.31 Å². The van der Waals surface area contributed by atoms with Crippen molar-refractivity contribution in [2.45, 2.75) is 35.6 Å². The third-order valence-corrected chi connectivity index (χ3v) is 7.90. The molecule has 0 aliphatic carbocycles. The molecule has 2 aromatic carbocycles. The molecule has 1 fully saturated rings. The summed E-state index contributed by atoms with van der Waals surface area (Å²) in [6.07, 6.45) is 1.81. The van der Waals surface area contributed by atoms with Gasteiger partial charge in [0.1, 0.15) is 0 Å². The van der Waals surface area contributed by atoms with E-state index in [1.807, 2.05) is 30.3 Å². The van der Waals surface area contributed by atoms with E-state index in [4.69, 9.17) is 4.42 Å². The van der Waals surface area contributed by atoms with Crippen LogP contribution in [0.5, 0.6) is 0 Å². The number of aromatic nitrogens is 2. The minimum atomic E-state index is -3.46. The van der Waals surface area contributed by atoms with Gasteiger partial charge in [0.25, 0.3) is 5.22 Å². The lowest BCUT2D eigenvalue weighted by molar-refractivity contribution is 0.288. The molecule has 0 atom stereocenters. The van der Waals surface area contributed by atoms with E-state index < -0.39 is 10.0 Å². The summed E-state index contributed by atoms with van der Waals surface area (Å²) in [7, 11) is -3.46. The highest BCUT2D eigenvalue weighted by Gasteiger charge is 2.28. The Kier molecular flexibility index (Phi) is 6.03. The van der Waals surface area contributed by atoms with E-state index in [1.54, 1.807) is 28.6 Å². The smallest absolute Gasteiger partial charge is 0.277 e. The Morgan fingerprint density at radius 2 is 1.72 bits per heavy atom. The lowest BCUT2D eigenvalue weighted by atomic mass is 10.0. The third-order valence-electron chi connectivity index (χ3n) is 5.09.